The Kier molecular flexibility index (Phi) is 8.04. The second-order valence-electron chi connectivity index (χ2n) is 6.65. The maximum absolute atomic E-state index is 12.2. The fourth-order valence-electron chi connectivity index (χ4n) is 2.11. The highest BCUT2D eigenvalue weighted by Gasteiger charge is 2.38. The van der Waals surface area contributed by atoms with Crippen LogP contribution in [0.4, 0.5) is 10.5 Å². The number of anilines is 1. The lowest BCUT2D eigenvalue weighted by Crippen LogP contribution is -2.54. The van der Waals surface area contributed by atoms with Gasteiger partial charge in [0, 0.05) is 5.69 Å². The van der Waals surface area contributed by atoms with Crippen LogP contribution in [0.5, 0.6) is 0 Å². The van der Waals surface area contributed by atoms with E-state index in [1.165, 1.54) is 0 Å². The molecule has 3 N–H and O–H groups in total. The van der Waals surface area contributed by atoms with Crippen molar-refractivity contribution >= 4 is 23.7 Å². The van der Waals surface area contributed by atoms with Gasteiger partial charge in [0.15, 0.2) is 12.1 Å². The Labute approximate surface area is 158 Å². The molecule has 0 aliphatic rings. The standard InChI is InChI=1S/C18H26N2O7/c1-18(2,3)27-17(23)20-13(15(21)24-4)14(16(22)25-5)26-10-11-7-6-8-12(19)9-11/h6-9,13-14H,10,19H2,1-5H3,(H,20,23)/t13-,14-/m0/s1. The van der Waals surface area contributed by atoms with E-state index >= 15 is 0 Å². The van der Waals surface area contributed by atoms with Crippen LogP contribution in [0, 0.1) is 0 Å². The molecule has 9 nitrogen and oxygen atoms in total. The van der Waals surface area contributed by atoms with E-state index in [9.17, 15) is 14.4 Å². The number of carbonyl (C=O) groups is 3. The molecule has 0 aliphatic carbocycles. The average Bonchev–Trinajstić information content (AvgIpc) is 2.58. The predicted molar refractivity (Wildman–Crippen MR) is 96.6 cm³/mol. The van der Waals surface area contributed by atoms with Crippen LogP contribution in [0.25, 0.3) is 0 Å². The summed E-state index contributed by atoms with van der Waals surface area (Å²) in [4.78, 5) is 36.4. The van der Waals surface area contributed by atoms with Gasteiger partial charge in [-0.25, -0.2) is 14.4 Å². The van der Waals surface area contributed by atoms with E-state index in [4.69, 9.17) is 19.9 Å². The highest BCUT2D eigenvalue weighted by atomic mass is 16.6. The summed E-state index contributed by atoms with van der Waals surface area (Å²) < 4.78 is 20.0. The summed E-state index contributed by atoms with van der Waals surface area (Å²) in [5.74, 6) is -1.74. The molecule has 0 saturated heterocycles. The molecule has 0 bridgehead atoms. The van der Waals surface area contributed by atoms with Crippen LogP contribution in [-0.4, -0.2) is 50.0 Å². The molecule has 0 aromatic heterocycles. The van der Waals surface area contributed by atoms with Crippen molar-refractivity contribution in [1.29, 1.82) is 0 Å². The molecule has 0 aliphatic heterocycles. The van der Waals surface area contributed by atoms with Gasteiger partial charge in [-0.2, -0.15) is 0 Å². The van der Waals surface area contributed by atoms with Crippen molar-refractivity contribution in [2.24, 2.45) is 0 Å². The van der Waals surface area contributed by atoms with E-state index in [0.717, 1.165) is 14.2 Å². The number of nitrogen functional groups attached to an aromatic ring is 1. The van der Waals surface area contributed by atoms with Crippen LogP contribution in [0.15, 0.2) is 24.3 Å². The number of rotatable bonds is 7. The van der Waals surface area contributed by atoms with E-state index < -0.39 is 35.8 Å². The molecule has 1 aromatic rings. The largest absolute Gasteiger partial charge is 0.467 e. The van der Waals surface area contributed by atoms with Crippen LogP contribution in [0.2, 0.25) is 0 Å². The summed E-state index contributed by atoms with van der Waals surface area (Å²) >= 11 is 0. The smallest absolute Gasteiger partial charge is 0.408 e. The minimum Gasteiger partial charge on any atom is -0.467 e. The summed E-state index contributed by atoms with van der Waals surface area (Å²) in [6, 6.07) is 5.35. The molecule has 27 heavy (non-hydrogen) atoms. The van der Waals surface area contributed by atoms with E-state index in [1.807, 2.05) is 0 Å². The molecule has 0 saturated carbocycles. The topological polar surface area (TPSA) is 126 Å². The van der Waals surface area contributed by atoms with Crippen LogP contribution in [-0.2, 0) is 35.1 Å². The highest BCUT2D eigenvalue weighted by Crippen LogP contribution is 2.13. The number of nitrogens with two attached hydrogens (primary N) is 1. The zero-order chi connectivity index (χ0) is 20.6. The van der Waals surface area contributed by atoms with E-state index in [2.05, 4.69) is 10.1 Å². The van der Waals surface area contributed by atoms with Gasteiger partial charge < -0.3 is 30.0 Å². The Bertz CT molecular complexity index is 670. The maximum Gasteiger partial charge on any atom is 0.408 e. The van der Waals surface area contributed by atoms with Crippen molar-refractivity contribution in [1.82, 2.24) is 5.32 Å². The molecule has 1 amide bonds. The number of benzene rings is 1. The summed E-state index contributed by atoms with van der Waals surface area (Å²) in [6.07, 6.45) is -2.35. The minimum atomic E-state index is -1.46. The number of methoxy groups -OCH3 is 2. The van der Waals surface area contributed by atoms with Gasteiger partial charge in [-0.05, 0) is 38.5 Å². The highest BCUT2D eigenvalue weighted by molar-refractivity contribution is 5.89. The summed E-state index contributed by atoms with van der Waals surface area (Å²) in [5.41, 5.74) is 6.10. The molecule has 0 radical (unpaired) electrons. The Morgan fingerprint density at radius 3 is 2.26 bits per heavy atom. The number of esters is 2. The van der Waals surface area contributed by atoms with Crippen molar-refractivity contribution in [3.8, 4) is 0 Å². The van der Waals surface area contributed by atoms with Gasteiger partial charge in [-0.3, -0.25) is 0 Å². The first kappa shape index (κ1) is 22.2. The van der Waals surface area contributed by atoms with E-state index in [1.54, 1.807) is 45.0 Å². The molecule has 0 heterocycles. The second kappa shape index (κ2) is 9.77. The number of amides is 1. The number of carbonyl (C=O) groups excluding carboxylic acids is 3. The lowest BCUT2D eigenvalue weighted by Gasteiger charge is -2.26. The fourth-order valence-corrected chi connectivity index (χ4v) is 2.11. The third kappa shape index (κ3) is 7.53. The van der Waals surface area contributed by atoms with E-state index in [0.29, 0.717) is 11.3 Å². The number of nitrogens with one attached hydrogen (secondary N) is 1. The monoisotopic (exact) mass is 382 g/mol. The van der Waals surface area contributed by atoms with Gasteiger partial charge in [0.25, 0.3) is 0 Å². The summed E-state index contributed by atoms with van der Waals surface area (Å²) in [5, 5.41) is 2.30. The molecule has 0 fully saturated rings. The van der Waals surface area contributed by atoms with Crippen LogP contribution in [0.3, 0.4) is 0 Å². The van der Waals surface area contributed by atoms with Crippen molar-refractivity contribution < 1.29 is 33.3 Å². The first-order chi connectivity index (χ1) is 12.6. The molecular formula is C18H26N2O7. The number of alkyl carbamates (subject to hydrolysis) is 1. The lowest BCUT2D eigenvalue weighted by atomic mass is 10.1. The number of ether oxygens (including phenoxy) is 4. The average molecular weight is 382 g/mol. The molecule has 1 aromatic carbocycles. The summed E-state index contributed by atoms with van der Waals surface area (Å²) in [6.45, 7) is 4.93. The van der Waals surface area contributed by atoms with Gasteiger partial charge in [0.2, 0.25) is 0 Å². The number of hydrogen-bond donors (Lipinski definition) is 2. The summed E-state index contributed by atoms with van der Waals surface area (Å²) in [7, 11) is 2.26. The van der Waals surface area contributed by atoms with Gasteiger partial charge in [-0.1, -0.05) is 12.1 Å². The Balaban J connectivity index is 2.99. The van der Waals surface area contributed by atoms with Crippen molar-refractivity contribution in [2.45, 2.75) is 45.1 Å². The van der Waals surface area contributed by atoms with E-state index in [-0.39, 0.29) is 6.61 Å². The van der Waals surface area contributed by atoms with Crippen LogP contribution >= 0.6 is 0 Å². The maximum atomic E-state index is 12.2. The zero-order valence-corrected chi connectivity index (χ0v) is 16.1. The van der Waals surface area contributed by atoms with Crippen molar-refractivity contribution in [2.75, 3.05) is 20.0 Å². The molecule has 2 atom stereocenters. The van der Waals surface area contributed by atoms with Crippen molar-refractivity contribution in [3.63, 3.8) is 0 Å². The molecule has 150 valence electrons. The first-order valence-corrected chi connectivity index (χ1v) is 8.18. The fraction of sp³-hybridized carbons (Fsp3) is 0.500. The van der Waals surface area contributed by atoms with Crippen molar-refractivity contribution in [3.05, 3.63) is 29.8 Å². The lowest BCUT2D eigenvalue weighted by molar-refractivity contribution is -0.165. The van der Waals surface area contributed by atoms with Gasteiger partial charge in [-0.15, -0.1) is 0 Å². The number of hydrogen-bond acceptors (Lipinski definition) is 8. The second-order valence-corrected chi connectivity index (χ2v) is 6.65. The Morgan fingerprint density at radius 1 is 1.11 bits per heavy atom. The molecule has 1 rings (SSSR count). The minimum absolute atomic E-state index is 0.0473. The van der Waals surface area contributed by atoms with Gasteiger partial charge in [0.05, 0.1) is 20.8 Å². The zero-order valence-electron chi connectivity index (χ0n) is 16.1. The van der Waals surface area contributed by atoms with Gasteiger partial charge in [0.1, 0.15) is 5.60 Å². The van der Waals surface area contributed by atoms with Crippen LogP contribution in [0.1, 0.15) is 26.3 Å². The quantitative estimate of drug-likeness (QED) is 0.412. The van der Waals surface area contributed by atoms with Gasteiger partial charge >= 0.3 is 18.0 Å². The SMILES string of the molecule is COC(=O)[C@@H](NC(=O)OC(C)(C)C)[C@H](OCc1cccc(N)c1)C(=O)OC. The molecule has 0 spiro atoms. The first-order valence-electron chi connectivity index (χ1n) is 8.18. The third-order valence-corrected chi connectivity index (χ3v) is 3.24. The molecular weight excluding hydrogens is 356 g/mol. The Morgan fingerprint density at radius 2 is 1.74 bits per heavy atom. The molecule has 0 unspecified atom stereocenters. The normalized spacial score (nSPS) is 13.2. The molecule has 9 heteroatoms. The third-order valence-electron chi connectivity index (χ3n) is 3.24. The van der Waals surface area contributed by atoms with Crippen LogP contribution < -0.4 is 11.1 Å². The predicted octanol–water partition coefficient (Wildman–Crippen LogP) is 1.39. The Hall–Kier alpha value is -2.81.